The second-order valence-corrected chi connectivity index (χ2v) is 7.71. The first-order valence-electron chi connectivity index (χ1n) is 10.5. The van der Waals surface area contributed by atoms with Gasteiger partial charge in [0.15, 0.2) is 5.88 Å². The number of nitrogens with zero attached hydrogens (tertiary/aromatic N) is 3. The molecule has 5 rings (SSSR count). The Labute approximate surface area is 193 Å². The number of imidazole rings is 1. The van der Waals surface area contributed by atoms with Gasteiger partial charge in [0.25, 0.3) is 5.69 Å². The SMILES string of the molecule is NCc1cccc(C(=Nc2ccc(-c3cnc[nH]3)cc2)c2c(O)[nH]c3ccc([N+](=O)[O-])cc23)c1. The molecule has 0 unspecified atom stereocenters. The van der Waals surface area contributed by atoms with Crippen molar-refractivity contribution in [3.63, 3.8) is 0 Å². The standard InChI is InChI=1S/C25H20N6O3/c26-12-15-2-1-3-17(10-15)24(29-18-6-4-16(5-7-18)22-13-27-14-28-22)23-20-11-19(31(33)34)8-9-21(20)30-25(23)32/h1-11,13-14,30,32H,12,26H2,(H,27,28). The van der Waals surface area contributed by atoms with Crippen LogP contribution in [-0.2, 0) is 6.54 Å². The Morgan fingerprint density at radius 2 is 1.94 bits per heavy atom. The fourth-order valence-electron chi connectivity index (χ4n) is 3.89. The number of aromatic nitrogens is 3. The molecule has 2 aromatic heterocycles. The zero-order valence-corrected chi connectivity index (χ0v) is 17.9. The Kier molecular flexibility index (Phi) is 5.36. The Hall–Kier alpha value is -4.76. The molecule has 0 aliphatic rings. The summed E-state index contributed by atoms with van der Waals surface area (Å²) in [4.78, 5) is 25.8. The molecule has 0 fully saturated rings. The topological polar surface area (TPSA) is 146 Å². The highest BCUT2D eigenvalue weighted by Crippen LogP contribution is 2.34. The van der Waals surface area contributed by atoms with Gasteiger partial charge in [0, 0.05) is 35.1 Å². The lowest BCUT2D eigenvalue weighted by molar-refractivity contribution is -0.384. The number of nitro benzene ring substituents is 1. The smallest absolute Gasteiger partial charge is 0.270 e. The van der Waals surface area contributed by atoms with Gasteiger partial charge in [-0.3, -0.25) is 10.1 Å². The van der Waals surface area contributed by atoms with E-state index in [9.17, 15) is 15.2 Å². The van der Waals surface area contributed by atoms with Gasteiger partial charge >= 0.3 is 0 Å². The number of aliphatic imine (C=N–C) groups is 1. The number of nitro groups is 1. The molecule has 9 heteroatoms. The molecule has 0 amide bonds. The van der Waals surface area contributed by atoms with E-state index >= 15 is 0 Å². The van der Waals surface area contributed by atoms with Crippen molar-refractivity contribution in [1.82, 2.24) is 15.0 Å². The highest BCUT2D eigenvalue weighted by Gasteiger charge is 2.21. The average Bonchev–Trinajstić information content (AvgIpc) is 3.50. The minimum absolute atomic E-state index is 0.0771. The maximum Gasteiger partial charge on any atom is 0.270 e. The number of nitrogens with one attached hydrogen (secondary N) is 2. The Morgan fingerprint density at radius 3 is 2.65 bits per heavy atom. The van der Waals surface area contributed by atoms with Crippen LogP contribution in [0.3, 0.4) is 0 Å². The molecule has 34 heavy (non-hydrogen) atoms. The summed E-state index contributed by atoms with van der Waals surface area (Å²) in [7, 11) is 0. The van der Waals surface area contributed by atoms with Crippen LogP contribution >= 0.6 is 0 Å². The highest BCUT2D eigenvalue weighted by molar-refractivity contribution is 6.22. The van der Waals surface area contributed by atoms with Gasteiger partial charge in [-0.2, -0.15) is 0 Å². The Morgan fingerprint density at radius 1 is 1.12 bits per heavy atom. The third kappa shape index (κ3) is 3.91. The predicted molar refractivity (Wildman–Crippen MR) is 130 cm³/mol. The number of aromatic amines is 2. The molecule has 9 nitrogen and oxygen atoms in total. The second-order valence-electron chi connectivity index (χ2n) is 7.71. The molecule has 168 valence electrons. The van der Waals surface area contributed by atoms with Gasteiger partial charge in [-0.25, -0.2) is 9.98 Å². The molecular formula is C25H20N6O3. The lowest BCUT2D eigenvalue weighted by Crippen LogP contribution is -2.05. The van der Waals surface area contributed by atoms with E-state index < -0.39 is 4.92 Å². The summed E-state index contributed by atoms with van der Waals surface area (Å²) >= 11 is 0. The van der Waals surface area contributed by atoms with E-state index in [2.05, 4.69) is 15.0 Å². The molecule has 0 saturated heterocycles. The van der Waals surface area contributed by atoms with Crippen molar-refractivity contribution in [3.8, 4) is 17.1 Å². The van der Waals surface area contributed by atoms with E-state index in [0.29, 0.717) is 34.4 Å². The maximum atomic E-state index is 11.4. The summed E-state index contributed by atoms with van der Waals surface area (Å²) in [5, 5.41) is 22.7. The van der Waals surface area contributed by atoms with Crippen LogP contribution in [0.2, 0.25) is 0 Å². The number of hydrogen-bond acceptors (Lipinski definition) is 6. The lowest BCUT2D eigenvalue weighted by Gasteiger charge is -2.10. The van der Waals surface area contributed by atoms with Gasteiger partial charge in [0.1, 0.15) is 0 Å². The first-order chi connectivity index (χ1) is 16.5. The van der Waals surface area contributed by atoms with Crippen LogP contribution in [0.4, 0.5) is 11.4 Å². The van der Waals surface area contributed by atoms with E-state index in [1.807, 2.05) is 48.5 Å². The van der Waals surface area contributed by atoms with Crippen molar-refractivity contribution in [2.45, 2.75) is 6.54 Å². The normalized spacial score (nSPS) is 11.7. The number of nitrogens with two attached hydrogens (primary N) is 1. The zero-order chi connectivity index (χ0) is 23.7. The van der Waals surface area contributed by atoms with Gasteiger partial charge in [-0.15, -0.1) is 0 Å². The van der Waals surface area contributed by atoms with E-state index in [-0.39, 0.29) is 11.6 Å². The van der Waals surface area contributed by atoms with E-state index in [1.165, 1.54) is 12.1 Å². The van der Waals surface area contributed by atoms with Crippen LogP contribution in [0.15, 0.2) is 84.2 Å². The number of fused-ring (bicyclic) bond motifs is 1. The van der Waals surface area contributed by atoms with E-state index in [1.54, 1.807) is 18.6 Å². The van der Waals surface area contributed by atoms with Crippen LogP contribution < -0.4 is 5.73 Å². The monoisotopic (exact) mass is 452 g/mol. The Bertz CT molecular complexity index is 1520. The van der Waals surface area contributed by atoms with Gasteiger partial charge in [0.2, 0.25) is 0 Å². The summed E-state index contributed by atoms with van der Waals surface area (Å²) in [5.74, 6) is -0.124. The largest absolute Gasteiger partial charge is 0.494 e. The molecule has 5 N–H and O–H groups in total. The lowest BCUT2D eigenvalue weighted by atomic mass is 9.98. The number of non-ortho nitro benzene ring substituents is 1. The van der Waals surface area contributed by atoms with Crippen molar-refractivity contribution >= 4 is 28.0 Å². The van der Waals surface area contributed by atoms with Crippen LogP contribution in [0, 0.1) is 10.1 Å². The Balaban J connectivity index is 1.70. The van der Waals surface area contributed by atoms with Gasteiger partial charge in [-0.1, -0.05) is 30.3 Å². The average molecular weight is 452 g/mol. The first kappa shape index (κ1) is 21.1. The van der Waals surface area contributed by atoms with E-state index in [0.717, 1.165) is 22.4 Å². The van der Waals surface area contributed by atoms with Crippen molar-refractivity contribution in [3.05, 3.63) is 106 Å². The second kappa shape index (κ2) is 8.64. The minimum atomic E-state index is -0.465. The van der Waals surface area contributed by atoms with Gasteiger partial charge in [0.05, 0.1) is 40.1 Å². The summed E-state index contributed by atoms with van der Waals surface area (Å²) in [5.41, 5.74) is 11.3. The number of benzene rings is 3. The molecule has 2 heterocycles. The molecule has 5 aromatic rings. The van der Waals surface area contributed by atoms with Crippen LogP contribution in [-0.4, -0.2) is 30.7 Å². The molecular weight excluding hydrogens is 432 g/mol. The molecule has 0 saturated carbocycles. The maximum absolute atomic E-state index is 11.4. The fraction of sp³-hybridized carbons (Fsp3) is 0.0400. The van der Waals surface area contributed by atoms with Crippen LogP contribution in [0.25, 0.3) is 22.2 Å². The third-order valence-corrected chi connectivity index (χ3v) is 5.56. The van der Waals surface area contributed by atoms with Crippen molar-refractivity contribution in [2.24, 2.45) is 10.7 Å². The number of aromatic hydroxyl groups is 1. The first-order valence-corrected chi connectivity index (χ1v) is 10.5. The molecule has 0 aliphatic carbocycles. The fourth-order valence-corrected chi connectivity index (χ4v) is 3.89. The molecule has 0 aliphatic heterocycles. The minimum Gasteiger partial charge on any atom is -0.494 e. The van der Waals surface area contributed by atoms with E-state index in [4.69, 9.17) is 10.7 Å². The predicted octanol–water partition coefficient (Wildman–Crippen LogP) is 4.80. The van der Waals surface area contributed by atoms with Gasteiger partial charge in [-0.05, 0) is 35.4 Å². The summed E-state index contributed by atoms with van der Waals surface area (Å²) in [6, 6.07) is 19.5. The van der Waals surface area contributed by atoms with Crippen molar-refractivity contribution < 1.29 is 10.0 Å². The van der Waals surface area contributed by atoms with Crippen LogP contribution in [0.5, 0.6) is 5.88 Å². The van der Waals surface area contributed by atoms with Crippen molar-refractivity contribution in [1.29, 1.82) is 0 Å². The molecule has 0 atom stereocenters. The molecule has 0 spiro atoms. The molecule has 3 aromatic carbocycles. The summed E-state index contributed by atoms with van der Waals surface area (Å²) < 4.78 is 0. The van der Waals surface area contributed by atoms with Gasteiger partial charge < -0.3 is 20.8 Å². The summed E-state index contributed by atoms with van der Waals surface area (Å²) in [6.45, 7) is 0.339. The third-order valence-electron chi connectivity index (χ3n) is 5.56. The number of H-pyrrole nitrogens is 2. The molecule has 0 bridgehead atoms. The number of rotatable bonds is 6. The number of hydrogen-bond donors (Lipinski definition) is 4. The zero-order valence-electron chi connectivity index (χ0n) is 17.9. The highest BCUT2D eigenvalue weighted by atomic mass is 16.6. The molecule has 0 radical (unpaired) electrons. The quantitative estimate of drug-likeness (QED) is 0.166. The van der Waals surface area contributed by atoms with Crippen molar-refractivity contribution in [2.75, 3.05) is 0 Å². The van der Waals surface area contributed by atoms with Crippen LogP contribution in [0.1, 0.15) is 16.7 Å². The summed E-state index contributed by atoms with van der Waals surface area (Å²) in [6.07, 6.45) is 3.35.